The van der Waals surface area contributed by atoms with Gasteiger partial charge in [0.2, 0.25) is 0 Å². The van der Waals surface area contributed by atoms with Crippen molar-refractivity contribution < 1.29 is 23.2 Å². The molecule has 0 unspecified atom stereocenters. The lowest BCUT2D eigenvalue weighted by molar-refractivity contribution is 0.00578. The van der Waals surface area contributed by atoms with Gasteiger partial charge in [0.05, 0.1) is 16.8 Å². The van der Waals surface area contributed by atoms with Crippen LogP contribution in [-0.2, 0) is 9.31 Å². The van der Waals surface area contributed by atoms with Crippen molar-refractivity contribution in [2.75, 3.05) is 20.1 Å². The molecule has 2 fully saturated rings. The summed E-state index contributed by atoms with van der Waals surface area (Å²) in [7, 11) is 1.26. The summed E-state index contributed by atoms with van der Waals surface area (Å²) in [4.78, 5) is 13.9. The van der Waals surface area contributed by atoms with Crippen LogP contribution in [0, 0.1) is 0 Å². The zero-order valence-electron chi connectivity index (χ0n) is 16.6. The zero-order valence-corrected chi connectivity index (χ0v) is 16.6. The Balaban J connectivity index is 1.83. The maximum absolute atomic E-state index is 14.3. The van der Waals surface area contributed by atoms with E-state index in [-0.39, 0.29) is 5.56 Å². The Morgan fingerprint density at radius 1 is 1.30 bits per heavy atom. The predicted molar refractivity (Wildman–Crippen MR) is 102 cm³/mol. The molecule has 1 amide bonds. The summed E-state index contributed by atoms with van der Waals surface area (Å²) in [6, 6.07) is 5.03. The van der Waals surface area contributed by atoms with Gasteiger partial charge in [-0.2, -0.15) is 0 Å². The van der Waals surface area contributed by atoms with Gasteiger partial charge in [-0.3, -0.25) is 4.79 Å². The number of benzene rings is 1. The number of hydrogen-bond donors (Lipinski definition) is 1. The van der Waals surface area contributed by atoms with E-state index >= 15 is 0 Å². The van der Waals surface area contributed by atoms with E-state index in [1.165, 1.54) is 0 Å². The summed E-state index contributed by atoms with van der Waals surface area (Å²) in [6.45, 7) is 8.88. The summed E-state index contributed by atoms with van der Waals surface area (Å²) in [5.41, 5.74) is 5.44. The second kappa shape index (κ2) is 7.07. The van der Waals surface area contributed by atoms with Gasteiger partial charge in [0, 0.05) is 13.1 Å². The monoisotopic (exact) mass is 378 g/mol. The number of rotatable bonds is 4. The van der Waals surface area contributed by atoms with Gasteiger partial charge in [0.15, 0.2) is 0 Å². The summed E-state index contributed by atoms with van der Waals surface area (Å²) in [5, 5.41) is 0. The number of piperidine rings is 1. The van der Waals surface area contributed by atoms with Gasteiger partial charge in [-0.15, -0.1) is 0 Å². The third-order valence-corrected chi connectivity index (χ3v) is 5.76. The van der Waals surface area contributed by atoms with Crippen molar-refractivity contribution in [3.63, 3.8) is 0 Å². The van der Waals surface area contributed by atoms with Crippen molar-refractivity contribution in [3.05, 3.63) is 23.8 Å². The molecule has 1 aromatic rings. The van der Waals surface area contributed by atoms with Gasteiger partial charge >= 0.3 is 7.12 Å². The summed E-state index contributed by atoms with van der Waals surface area (Å²) >= 11 is 0. The lowest BCUT2D eigenvalue weighted by Crippen LogP contribution is -2.45. The fraction of sp³-hybridized carbons (Fsp3) is 0.632. The minimum absolute atomic E-state index is 0.202. The SMILES string of the molecule is CN1CC[C@@H](Oc2ccc(B3OC(C)(C)C(C)(C)O3)cc2C(N)=O)[C@@H](F)C1. The second-order valence-electron chi connectivity index (χ2n) is 8.43. The fourth-order valence-electron chi connectivity index (χ4n) is 3.30. The minimum atomic E-state index is -1.12. The molecule has 0 aromatic heterocycles. The highest BCUT2D eigenvalue weighted by Gasteiger charge is 2.51. The Bertz CT molecular complexity index is 712. The van der Waals surface area contributed by atoms with Gasteiger partial charge in [-0.25, -0.2) is 4.39 Å². The largest absolute Gasteiger partial charge is 0.494 e. The van der Waals surface area contributed by atoms with Crippen LogP contribution in [0.15, 0.2) is 18.2 Å². The van der Waals surface area contributed by atoms with Crippen LogP contribution in [-0.4, -0.2) is 61.5 Å². The molecule has 0 bridgehead atoms. The second-order valence-corrected chi connectivity index (χ2v) is 8.43. The first-order chi connectivity index (χ1) is 12.5. The Hall–Kier alpha value is -1.64. The minimum Gasteiger partial charge on any atom is -0.486 e. The van der Waals surface area contributed by atoms with Gasteiger partial charge in [0.25, 0.3) is 5.91 Å². The molecule has 27 heavy (non-hydrogen) atoms. The van der Waals surface area contributed by atoms with Gasteiger partial charge < -0.3 is 24.7 Å². The van der Waals surface area contributed by atoms with Crippen molar-refractivity contribution in [1.29, 1.82) is 0 Å². The summed E-state index contributed by atoms with van der Waals surface area (Å²) in [6.07, 6.45) is -1.16. The van der Waals surface area contributed by atoms with Crippen molar-refractivity contribution in [1.82, 2.24) is 4.90 Å². The standard InChI is InChI=1S/C19H28BFN2O4/c1-18(2)19(3,4)27-20(26-18)12-6-7-15(13(10-12)17(22)24)25-16-8-9-23(5)11-14(16)21/h6-7,10,14,16H,8-9,11H2,1-5H3,(H2,22,24)/t14-,16+/m0/s1. The third kappa shape index (κ3) is 3.98. The molecule has 2 saturated heterocycles. The van der Waals surface area contributed by atoms with Crippen molar-refractivity contribution in [2.24, 2.45) is 5.73 Å². The number of nitrogens with two attached hydrogens (primary N) is 1. The van der Waals surface area contributed by atoms with Crippen LogP contribution < -0.4 is 15.9 Å². The number of carbonyl (C=O) groups excluding carboxylic acids is 1. The van der Waals surface area contributed by atoms with Crippen LogP contribution in [0.4, 0.5) is 4.39 Å². The lowest BCUT2D eigenvalue weighted by atomic mass is 9.78. The molecule has 8 heteroatoms. The van der Waals surface area contributed by atoms with E-state index in [0.717, 1.165) is 6.54 Å². The predicted octanol–water partition coefficient (Wildman–Crippen LogP) is 1.51. The van der Waals surface area contributed by atoms with E-state index < -0.39 is 36.5 Å². The average molecular weight is 378 g/mol. The summed E-state index contributed by atoms with van der Waals surface area (Å²) < 4.78 is 32.2. The fourth-order valence-corrected chi connectivity index (χ4v) is 3.30. The van der Waals surface area contributed by atoms with Crippen LogP contribution in [0.1, 0.15) is 44.5 Å². The van der Waals surface area contributed by atoms with Crippen molar-refractivity contribution in [3.8, 4) is 5.75 Å². The highest BCUT2D eigenvalue weighted by molar-refractivity contribution is 6.62. The van der Waals surface area contributed by atoms with Crippen molar-refractivity contribution in [2.45, 2.75) is 57.6 Å². The number of carbonyl (C=O) groups is 1. The molecule has 0 spiro atoms. The number of nitrogens with zero attached hydrogens (tertiary/aromatic N) is 1. The third-order valence-electron chi connectivity index (χ3n) is 5.76. The number of primary amides is 1. The normalized spacial score (nSPS) is 27.6. The molecule has 2 heterocycles. The maximum Gasteiger partial charge on any atom is 0.494 e. The summed E-state index contributed by atoms with van der Waals surface area (Å²) in [5.74, 6) is -0.341. The lowest BCUT2D eigenvalue weighted by Gasteiger charge is -2.32. The van der Waals surface area contributed by atoms with Crippen molar-refractivity contribution >= 4 is 18.5 Å². The van der Waals surface area contributed by atoms with Crippen LogP contribution in [0.3, 0.4) is 0 Å². The molecule has 2 aliphatic rings. The molecule has 2 aliphatic heterocycles. The number of hydrogen-bond acceptors (Lipinski definition) is 5. The molecule has 0 saturated carbocycles. The zero-order chi connectivity index (χ0) is 20.0. The Morgan fingerprint density at radius 3 is 2.48 bits per heavy atom. The van der Waals surface area contributed by atoms with E-state index in [2.05, 4.69) is 0 Å². The van der Waals surface area contributed by atoms with Crippen LogP contribution in [0.5, 0.6) is 5.75 Å². The average Bonchev–Trinajstić information content (AvgIpc) is 2.78. The molecule has 3 rings (SSSR count). The molecule has 2 atom stereocenters. The highest BCUT2D eigenvalue weighted by Crippen LogP contribution is 2.36. The molecule has 2 N–H and O–H groups in total. The van der Waals surface area contributed by atoms with E-state index in [4.69, 9.17) is 19.8 Å². The van der Waals surface area contributed by atoms with E-state index in [0.29, 0.717) is 24.2 Å². The first-order valence-corrected chi connectivity index (χ1v) is 9.29. The first kappa shape index (κ1) is 20.1. The Morgan fingerprint density at radius 2 is 1.93 bits per heavy atom. The number of alkyl halides is 1. The maximum atomic E-state index is 14.3. The Kier molecular flexibility index (Phi) is 5.27. The molecule has 0 aliphatic carbocycles. The molecular weight excluding hydrogens is 350 g/mol. The van der Waals surface area contributed by atoms with Crippen LogP contribution >= 0.6 is 0 Å². The highest BCUT2D eigenvalue weighted by atomic mass is 19.1. The number of ether oxygens (including phenoxy) is 1. The van der Waals surface area contributed by atoms with E-state index in [1.54, 1.807) is 18.2 Å². The van der Waals surface area contributed by atoms with E-state index in [9.17, 15) is 9.18 Å². The Labute approximate surface area is 160 Å². The number of amides is 1. The first-order valence-electron chi connectivity index (χ1n) is 9.29. The molecular formula is C19H28BFN2O4. The van der Waals surface area contributed by atoms with Crippen LogP contribution in [0.25, 0.3) is 0 Å². The molecule has 0 radical (unpaired) electrons. The van der Waals surface area contributed by atoms with Gasteiger partial charge in [-0.05, 0) is 58.8 Å². The topological polar surface area (TPSA) is 74.0 Å². The molecule has 148 valence electrons. The van der Waals surface area contributed by atoms with Crippen LogP contribution in [0.2, 0.25) is 0 Å². The van der Waals surface area contributed by atoms with Gasteiger partial charge in [-0.1, -0.05) is 6.07 Å². The van der Waals surface area contributed by atoms with Gasteiger partial charge in [0.1, 0.15) is 18.0 Å². The van der Waals surface area contributed by atoms with E-state index in [1.807, 2.05) is 39.6 Å². The molecule has 6 nitrogen and oxygen atoms in total. The molecule has 1 aromatic carbocycles. The number of likely N-dealkylation sites (tertiary alicyclic amines) is 1. The quantitative estimate of drug-likeness (QED) is 0.804. The number of halogens is 1. The smallest absolute Gasteiger partial charge is 0.486 e.